The molecule has 0 atom stereocenters. The van der Waals surface area contributed by atoms with Crippen molar-refractivity contribution in [1.82, 2.24) is 10.2 Å². The third-order valence-corrected chi connectivity index (χ3v) is 4.26. The van der Waals surface area contributed by atoms with E-state index in [1.807, 2.05) is 18.4 Å². The van der Waals surface area contributed by atoms with Crippen molar-refractivity contribution in [3.8, 4) is 0 Å². The highest BCUT2D eigenvalue weighted by atomic mass is 35.5. The van der Waals surface area contributed by atoms with Crippen LogP contribution in [0.25, 0.3) is 0 Å². The minimum absolute atomic E-state index is 0.222. The van der Waals surface area contributed by atoms with E-state index in [0.29, 0.717) is 21.6 Å². The fourth-order valence-electron chi connectivity index (χ4n) is 1.45. The number of aromatic amines is 1. The lowest BCUT2D eigenvalue weighted by Gasteiger charge is -2.00. The Labute approximate surface area is 114 Å². The zero-order chi connectivity index (χ0) is 13.3. The monoisotopic (exact) mass is 283 g/mol. The molecule has 2 rings (SSSR count). The fraction of sp³-hybridized carbons (Fsp3) is 0.333. The lowest BCUT2D eigenvalue weighted by atomic mass is 10.1. The van der Waals surface area contributed by atoms with Crippen LogP contribution >= 0.6 is 22.9 Å². The van der Waals surface area contributed by atoms with E-state index in [-0.39, 0.29) is 5.91 Å². The average molecular weight is 284 g/mol. The number of nitrogens with one attached hydrogen (secondary N) is 2. The van der Waals surface area contributed by atoms with Crippen molar-refractivity contribution in [1.29, 1.82) is 0 Å². The van der Waals surface area contributed by atoms with Gasteiger partial charge in [0.05, 0.1) is 5.02 Å². The summed E-state index contributed by atoms with van der Waals surface area (Å²) in [4.78, 5) is 12.5. The van der Waals surface area contributed by atoms with Crippen LogP contribution in [-0.2, 0) is 0 Å². The molecule has 0 saturated heterocycles. The first-order chi connectivity index (χ1) is 8.49. The summed E-state index contributed by atoms with van der Waals surface area (Å²) in [7, 11) is 0. The maximum atomic E-state index is 12.0. The average Bonchev–Trinajstić information content (AvgIpc) is 2.88. The van der Waals surface area contributed by atoms with Crippen LogP contribution in [-0.4, -0.2) is 16.1 Å². The third-order valence-electron chi connectivity index (χ3n) is 2.57. The van der Waals surface area contributed by atoms with Gasteiger partial charge < -0.3 is 5.32 Å². The summed E-state index contributed by atoms with van der Waals surface area (Å²) in [6.45, 7) is 5.98. The van der Waals surface area contributed by atoms with Gasteiger partial charge in [-0.3, -0.25) is 9.89 Å². The molecule has 0 aliphatic carbocycles. The highest BCUT2D eigenvalue weighted by molar-refractivity contribution is 7.13. The van der Waals surface area contributed by atoms with E-state index in [9.17, 15) is 4.79 Å². The first kappa shape index (κ1) is 13.1. The Morgan fingerprint density at radius 3 is 2.78 bits per heavy atom. The zero-order valence-corrected chi connectivity index (χ0v) is 11.9. The molecule has 6 heteroatoms. The van der Waals surface area contributed by atoms with E-state index >= 15 is 0 Å². The molecule has 0 bridgehead atoms. The molecule has 0 aromatic carbocycles. The summed E-state index contributed by atoms with van der Waals surface area (Å²) in [6, 6.07) is 1.83. The highest BCUT2D eigenvalue weighted by Crippen LogP contribution is 2.27. The Bertz CT molecular complexity index is 574. The number of hydrogen-bond donors (Lipinski definition) is 2. The van der Waals surface area contributed by atoms with Crippen LogP contribution in [0.15, 0.2) is 11.4 Å². The first-order valence-electron chi connectivity index (χ1n) is 5.59. The molecule has 0 saturated carbocycles. The minimum atomic E-state index is -0.222. The first-order valence-corrected chi connectivity index (χ1v) is 6.85. The van der Waals surface area contributed by atoms with E-state index in [0.717, 1.165) is 11.3 Å². The van der Waals surface area contributed by atoms with Gasteiger partial charge in [0.2, 0.25) is 0 Å². The molecule has 2 N–H and O–H groups in total. The van der Waals surface area contributed by atoms with Crippen molar-refractivity contribution in [2.24, 2.45) is 0 Å². The van der Waals surface area contributed by atoms with Gasteiger partial charge in [0.15, 0.2) is 5.82 Å². The van der Waals surface area contributed by atoms with E-state index in [4.69, 9.17) is 11.6 Å². The molecule has 2 aromatic rings. The predicted octanol–water partition coefficient (Wildman–Crippen LogP) is 3.81. The summed E-state index contributed by atoms with van der Waals surface area (Å²) >= 11 is 7.38. The molecule has 0 spiro atoms. The summed E-state index contributed by atoms with van der Waals surface area (Å²) in [5.41, 5.74) is 1.90. The quantitative estimate of drug-likeness (QED) is 0.900. The lowest BCUT2D eigenvalue weighted by molar-refractivity contribution is 0.103. The van der Waals surface area contributed by atoms with E-state index < -0.39 is 0 Å². The molecule has 96 valence electrons. The molecule has 2 heterocycles. The van der Waals surface area contributed by atoms with Crippen molar-refractivity contribution in [2.45, 2.75) is 26.7 Å². The van der Waals surface area contributed by atoms with Crippen LogP contribution in [0.1, 0.15) is 40.7 Å². The topological polar surface area (TPSA) is 57.8 Å². The maximum absolute atomic E-state index is 12.0. The van der Waals surface area contributed by atoms with E-state index in [1.54, 1.807) is 0 Å². The lowest BCUT2D eigenvalue weighted by Crippen LogP contribution is -2.11. The van der Waals surface area contributed by atoms with Crippen LogP contribution in [0.2, 0.25) is 5.02 Å². The molecular weight excluding hydrogens is 270 g/mol. The largest absolute Gasteiger partial charge is 0.304 e. The number of H-pyrrole nitrogens is 1. The zero-order valence-electron chi connectivity index (χ0n) is 10.4. The van der Waals surface area contributed by atoms with Crippen molar-refractivity contribution in [3.63, 3.8) is 0 Å². The van der Waals surface area contributed by atoms with Crippen molar-refractivity contribution >= 4 is 34.7 Å². The summed E-state index contributed by atoms with van der Waals surface area (Å²) < 4.78 is 0. The molecule has 0 fully saturated rings. The van der Waals surface area contributed by atoms with Gasteiger partial charge in [-0.25, -0.2) is 0 Å². The summed E-state index contributed by atoms with van der Waals surface area (Å²) in [5, 5.41) is 12.0. The highest BCUT2D eigenvalue weighted by Gasteiger charge is 2.16. The summed E-state index contributed by atoms with van der Waals surface area (Å²) in [5.74, 6) is 0.640. The molecule has 1 amide bonds. The van der Waals surface area contributed by atoms with Gasteiger partial charge in [-0.15, -0.1) is 11.3 Å². The second-order valence-electron chi connectivity index (χ2n) is 4.38. The van der Waals surface area contributed by atoms with Crippen molar-refractivity contribution in [2.75, 3.05) is 5.32 Å². The third kappa shape index (κ3) is 2.57. The second kappa shape index (κ2) is 5.12. The molecule has 4 nitrogen and oxygen atoms in total. The Morgan fingerprint density at radius 1 is 1.56 bits per heavy atom. The molecule has 0 radical (unpaired) electrons. The number of carbonyl (C=O) groups excluding carboxylic acids is 1. The van der Waals surface area contributed by atoms with Crippen LogP contribution < -0.4 is 5.32 Å². The second-order valence-corrected chi connectivity index (χ2v) is 5.64. The number of nitrogens with zero attached hydrogens (tertiary/aromatic N) is 1. The number of aromatic nitrogens is 2. The van der Waals surface area contributed by atoms with Gasteiger partial charge in [-0.05, 0) is 23.8 Å². The molecule has 0 unspecified atom stereocenters. The van der Waals surface area contributed by atoms with Crippen LogP contribution in [0.4, 0.5) is 5.82 Å². The number of carbonyl (C=O) groups is 1. The van der Waals surface area contributed by atoms with Gasteiger partial charge in [0, 0.05) is 11.8 Å². The number of rotatable bonds is 3. The number of anilines is 1. The molecular formula is C12H14ClN3OS. The predicted molar refractivity (Wildman–Crippen MR) is 74.7 cm³/mol. The smallest absolute Gasteiger partial charge is 0.268 e. The number of thiophene rings is 1. The van der Waals surface area contributed by atoms with E-state index in [1.165, 1.54) is 11.3 Å². The number of halogens is 1. The van der Waals surface area contributed by atoms with Gasteiger partial charge in [0.25, 0.3) is 5.91 Å². The summed E-state index contributed by atoms with van der Waals surface area (Å²) in [6.07, 6.45) is 0. The van der Waals surface area contributed by atoms with Crippen LogP contribution in [0.5, 0.6) is 0 Å². The SMILES string of the molecule is Cc1csc(C(=O)Nc2cc(C(C)C)[nH]n2)c1Cl. The normalized spacial score (nSPS) is 10.9. The molecule has 2 aromatic heterocycles. The van der Waals surface area contributed by atoms with Crippen LogP contribution in [0, 0.1) is 6.92 Å². The Morgan fingerprint density at radius 2 is 2.28 bits per heavy atom. The number of amides is 1. The number of hydrogen-bond acceptors (Lipinski definition) is 3. The molecule has 0 aliphatic heterocycles. The van der Waals surface area contributed by atoms with E-state index in [2.05, 4.69) is 29.4 Å². The minimum Gasteiger partial charge on any atom is -0.304 e. The van der Waals surface area contributed by atoms with Crippen molar-refractivity contribution < 1.29 is 4.79 Å². The van der Waals surface area contributed by atoms with Crippen LogP contribution in [0.3, 0.4) is 0 Å². The number of aryl methyl sites for hydroxylation is 1. The van der Waals surface area contributed by atoms with Gasteiger partial charge in [-0.1, -0.05) is 25.4 Å². The standard InChI is InChI=1S/C12H14ClN3OS/c1-6(2)8-4-9(16-15-8)14-12(17)11-10(13)7(3)5-18-11/h4-6H,1-3H3,(H2,14,15,16,17). The van der Waals surface area contributed by atoms with Gasteiger partial charge in [0.1, 0.15) is 4.88 Å². The Balaban J connectivity index is 2.14. The molecule has 18 heavy (non-hydrogen) atoms. The Hall–Kier alpha value is -1.33. The van der Waals surface area contributed by atoms with Crippen molar-refractivity contribution in [3.05, 3.63) is 32.6 Å². The van der Waals surface area contributed by atoms with Gasteiger partial charge >= 0.3 is 0 Å². The van der Waals surface area contributed by atoms with Gasteiger partial charge in [-0.2, -0.15) is 5.10 Å². The fourth-order valence-corrected chi connectivity index (χ4v) is 2.63. The molecule has 0 aliphatic rings. The maximum Gasteiger partial charge on any atom is 0.268 e. The Kier molecular flexibility index (Phi) is 3.73.